The van der Waals surface area contributed by atoms with Crippen molar-refractivity contribution in [3.63, 3.8) is 0 Å². The van der Waals surface area contributed by atoms with Crippen LogP contribution in [0.4, 0.5) is 0 Å². The van der Waals surface area contributed by atoms with E-state index < -0.39 is 0 Å². The van der Waals surface area contributed by atoms with Crippen LogP contribution in [0, 0.1) is 5.92 Å². The van der Waals surface area contributed by atoms with E-state index in [2.05, 4.69) is 12.2 Å². The molecule has 1 atom stereocenters. The summed E-state index contributed by atoms with van der Waals surface area (Å²) in [5.41, 5.74) is 6.06. The molecule has 0 spiro atoms. The molecule has 1 aromatic carbocycles. The summed E-state index contributed by atoms with van der Waals surface area (Å²) in [6, 6.07) is 7.29. The number of ether oxygens (including phenoxy) is 1. The highest BCUT2D eigenvalue weighted by Gasteiger charge is 2.28. The van der Waals surface area contributed by atoms with E-state index in [1.54, 1.807) is 17.0 Å². The Morgan fingerprint density at radius 3 is 2.67 bits per heavy atom. The van der Waals surface area contributed by atoms with Gasteiger partial charge in [-0.15, -0.1) is 12.4 Å². The Kier molecular flexibility index (Phi) is 10.8. The van der Waals surface area contributed by atoms with Gasteiger partial charge in [0.05, 0.1) is 12.5 Å². The zero-order chi connectivity index (χ0) is 18.8. The third-order valence-electron chi connectivity index (χ3n) is 4.64. The van der Waals surface area contributed by atoms with Gasteiger partial charge in [-0.2, -0.15) is 0 Å². The lowest BCUT2D eigenvalue weighted by molar-refractivity contribution is -0.126. The molecule has 1 saturated heterocycles. The molecule has 2 amide bonds. The van der Waals surface area contributed by atoms with E-state index in [1.807, 2.05) is 12.1 Å². The van der Waals surface area contributed by atoms with E-state index in [4.69, 9.17) is 10.5 Å². The lowest BCUT2D eigenvalue weighted by Crippen LogP contribution is -2.46. The summed E-state index contributed by atoms with van der Waals surface area (Å²) in [7, 11) is 0. The molecular weight excluding hydrogens is 366 g/mol. The van der Waals surface area contributed by atoms with Gasteiger partial charge in [0.15, 0.2) is 0 Å². The Morgan fingerprint density at radius 1 is 1.26 bits per heavy atom. The summed E-state index contributed by atoms with van der Waals surface area (Å²) in [5.74, 6) is 0.596. The van der Waals surface area contributed by atoms with E-state index in [9.17, 15) is 9.59 Å². The first-order chi connectivity index (χ1) is 12.7. The van der Waals surface area contributed by atoms with Gasteiger partial charge in [-0.25, -0.2) is 0 Å². The van der Waals surface area contributed by atoms with Gasteiger partial charge in [0.25, 0.3) is 5.91 Å². The number of carbonyl (C=O) groups is 2. The number of amides is 2. The van der Waals surface area contributed by atoms with Gasteiger partial charge < -0.3 is 20.7 Å². The summed E-state index contributed by atoms with van der Waals surface area (Å²) in [5, 5.41) is 2.82. The quantitative estimate of drug-likeness (QED) is 0.627. The fourth-order valence-electron chi connectivity index (χ4n) is 3.13. The number of piperidine rings is 1. The van der Waals surface area contributed by atoms with Crippen LogP contribution in [-0.2, 0) is 4.79 Å². The van der Waals surface area contributed by atoms with Crippen LogP contribution in [0.3, 0.4) is 0 Å². The molecule has 3 N–H and O–H groups in total. The fraction of sp³-hybridized carbons (Fsp3) is 0.600. The standard InChI is InChI=1S/C20H31N3O3.ClH/c1-2-3-4-14-26-18-9-7-16(8-10-18)20(25)23-13-5-6-17(15-23)19(24)22-12-11-21;/h7-10,17H,2-6,11-15,21H2,1H3,(H,22,24);1H. The molecular formula is C20H32ClN3O3. The summed E-state index contributed by atoms with van der Waals surface area (Å²) >= 11 is 0. The number of nitrogens with one attached hydrogen (secondary N) is 1. The summed E-state index contributed by atoms with van der Waals surface area (Å²) in [6.45, 7) is 4.91. The van der Waals surface area contributed by atoms with Crippen molar-refractivity contribution in [2.45, 2.75) is 39.0 Å². The molecule has 0 aliphatic carbocycles. The maximum absolute atomic E-state index is 12.7. The van der Waals surface area contributed by atoms with Crippen molar-refractivity contribution in [3.8, 4) is 5.75 Å². The molecule has 0 bridgehead atoms. The number of hydrogen-bond acceptors (Lipinski definition) is 4. The second-order valence-corrected chi connectivity index (χ2v) is 6.75. The van der Waals surface area contributed by atoms with E-state index in [0.717, 1.165) is 37.9 Å². The Balaban J connectivity index is 0.00000364. The number of rotatable bonds is 9. The smallest absolute Gasteiger partial charge is 0.253 e. The average molecular weight is 398 g/mol. The van der Waals surface area contributed by atoms with Crippen LogP contribution in [0.2, 0.25) is 0 Å². The average Bonchev–Trinajstić information content (AvgIpc) is 2.69. The van der Waals surface area contributed by atoms with E-state index in [0.29, 0.717) is 38.3 Å². The zero-order valence-corrected chi connectivity index (χ0v) is 16.9. The molecule has 0 aromatic heterocycles. The number of carbonyl (C=O) groups excluding carboxylic acids is 2. The molecule has 1 aromatic rings. The Morgan fingerprint density at radius 2 is 2.00 bits per heavy atom. The van der Waals surface area contributed by atoms with Crippen LogP contribution in [0.15, 0.2) is 24.3 Å². The van der Waals surface area contributed by atoms with Crippen LogP contribution >= 0.6 is 12.4 Å². The lowest BCUT2D eigenvalue weighted by Gasteiger charge is -2.32. The van der Waals surface area contributed by atoms with Crippen molar-refractivity contribution in [2.24, 2.45) is 11.7 Å². The number of likely N-dealkylation sites (tertiary alicyclic amines) is 1. The van der Waals surface area contributed by atoms with Crippen LogP contribution in [0.25, 0.3) is 0 Å². The molecule has 1 fully saturated rings. The number of hydrogen-bond donors (Lipinski definition) is 2. The monoisotopic (exact) mass is 397 g/mol. The van der Waals surface area contributed by atoms with E-state index in [1.165, 1.54) is 0 Å². The minimum atomic E-state index is -0.152. The Hall–Kier alpha value is -1.79. The topological polar surface area (TPSA) is 84.7 Å². The minimum Gasteiger partial charge on any atom is -0.494 e. The number of unbranched alkanes of at least 4 members (excludes halogenated alkanes) is 2. The predicted octanol–water partition coefficient (Wildman–Crippen LogP) is 2.60. The van der Waals surface area contributed by atoms with Gasteiger partial charge in [-0.3, -0.25) is 9.59 Å². The van der Waals surface area contributed by atoms with Crippen LogP contribution in [0.1, 0.15) is 49.4 Å². The highest BCUT2D eigenvalue weighted by Crippen LogP contribution is 2.20. The van der Waals surface area contributed by atoms with Crippen molar-refractivity contribution in [3.05, 3.63) is 29.8 Å². The maximum atomic E-state index is 12.7. The predicted molar refractivity (Wildman–Crippen MR) is 109 cm³/mol. The van der Waals surface area contributed by atoms with E-state index in [-0.39, 0.29) is 30.1 Å². The number of nitrogens with two attached hydrogens (primary N) is 1. The molecule has 7 heteroatoms. The highest BCUT2D eigenvalue weighted by atomic mass is 35.5. The summed E-state index contributed by atoms with van der Waals surface area (Å²) in [6.07, 6.45) is 5.01. The molecule has 152 valence electrons. The normalized spacial score (nSPS) is 16.4. The van der Waals surface area contributed by atoms with Crippen molar-refractivity contribution in [1.82, 2.24) is 10.2 Å². The molecule has 0 saturated carbocycles. The van der Waals surface area contributed by atoms with Crippen molar-refractivity contribution < 1.29 is 14.3 Å². The first-order valence-electron chi connectivity index (χ1n) is 9.65. The van der Waals surface area contributed by atoms with Gasteiger partial charge in [-0.1, -0.05) is 19.8 Å². The first-order valence-corrected chi connectivity index (χ1v) is 9.65. The van der Waals surface area contributed by atoms with Gasteiger partial charge in [0.2, 0.25) is 5.91 Å². The zero-order valence-electron chi connectivity index (χ0n) is 16.1. The van der Waals surface area contributed by atoms with Crippen LogP contribution < -0.4 is 15.8 Å². The third-order valence-corrected chi connectivity index (χ3v) is 4.64. The third kappa shape index (κ3) is 7.39. The largest absolute Gasteiger partial charge is 0.494 e. The molecule has 1 aliphatic heterocycles. The molecule has 1 unspecified atom stereocenters. The minimum absolute atomic E-state index is 0. The maximum Gasteiger partial charge on any atom is 0.253 e. The molecule has 1 aliphatic rings. The summed E-state index contributed by atoms with van der Waals surface area (Å²) in [4.78, 5) is 26.6. The van der Waals surface area contributed by atoms with Gasteiger partial charge >= 0.3 is 0 Å². The van der Waals surface area contributed by atoms with E-state index >= 15 is 0 Å². The fourth-order valence-corrected chi connectivity index (χ4v) is 3.13. The molecule has 1 heterocycles. The van der Waals surface area contributed by atoms with Crippen molar-refractivity contribution in [2.75, 3.05) is 32.8 Å². The van der Waals surface area contributed by atoms with Crippen molar-refractivity contribution >= 4 is 24.2 Å². The molecule has 6 nitrogen and oxygen atoms in total. The van der Waals surface area contributed by atoms with Crippen LogP contribution in [-0.4, -0.2) is 49.5 Å². The highest BCUT2D eigenvalue weighted by molar-refractivity contribution is 5.94. The number of nitrogens with zero attached hydrogens (tertiary/aromatic N) is 1. The first kappa shape index (κ1) is 23.2. The van der Waals surface area contributed by atoms with Gasteiger partial charge in [0.1, 0.15) is 5.75 Å². The number of benzene rings is 1. The van der Waals surface area contributed by atoms with Crippen LogP contribution in [0.5, 0.6) is 5.75 Å². The Bertz CT molecular complexity index is 580. The summed E-state index contributed by atoms with van der Waals surface area (Å²) < 4.78 is 5.69. The van der Waals surface area contributed by atoms with Gasteiger partial charge in [-0.05, 0) is 43.5 Å². The molecule has 0 radical (unpaired) electrons. The number of halogens is 1. The van der Waals surface area contributed by atoms with Gasteiger partial charge in [0, 0.05) is 31.7 Å². The SMILES string of the molecule is CCCCCOc1ccc(C(=O)N2CCCC(C(=O)NCCN)C2)cc1.Cl. The second kappa shape index (κ2) is 12.6. The molecule has 27 heavy (non-hydrogen) atoms. The van der Waals surface area contributed by atoms with Crippen molar-refractivity contribution in [1.29, 1.82) is 0 Å². The molecule has 2 rings (SSSR count). The Labute approximate surface area is 168 Å². The second-order valence-electron chi connectivity index (χ2n) is 6.75. The lowest BCUT2D eigenvalue weighted by atomic mass is 9.96.